The molecule has 0 amide bonds. The predicted octanol–water partition coefficient (Wildman–Crippen LogP) is 2.79. The summed E-state index contributed by atoms with van der Waals surface area (Å²) in [5.41, 5.74) is 0.384. The molecule has 10 nitrogen and oxygen atoms in total. The molecule has 3 rings (SSSR count). The van der Waals surface area contributed by atoms with Gasteiger partial charge in [-0.2, -0.15) is 0 Å². The third-order valence-electron chi connectivity index (χ3n) is 5.10. The maximum atomic E-state index is 11.9. The van der Waals surface area contributed by atoms with E-state index in [2.05, 4.69) is 0 Å². The maximum Gasteiger partial charge on any atom is 0.307 e. The number of carboxylic acids is 2. The van der Waals surface area contributed by atoms with Gasteiger partial charge in [0.25, 0.3) is 11.4 Å². The lowest BCUT2D eigenvalue weighted by atomic mass is 9.52. The van der Waals surface area contributed by atoms with E-state index >= 15 is 0 Å². The van der Waals surface area contributed by atoms with E-state index in [-0.39, 0.29) is 11.4 Å². The van der Waals surface area contributed by atoms with Gasteiger partial charge in [-0.25, -0.2) is 0 Å². The molecule has 2 N–H and O–H groups in total. The van der Waals surface area contributed by atoms with Crippen LogP contribution in [-0.4, -0.2) is 32.0 Å². The Morgan fingerprint density at radius 1 is 0.679 bits per heavy atom. The lowest BCUT2D eigenvalue weighted by Gasteiger charge is -2.48. The second kappa shape index (κ2) is 7.06. The largest absolute Gasteiger partial charge is 0.481 e. The normalized spacial score (nSPS) is 23.4. The number of carboxylic acid groups (broad SMARTS) is 2. The van der Waals surface area contributed by atoms with E-state index in [4.69, 9.17) is 0 Å². The minimum Gasteiger partial charge on any atom is -0.481 e. The second-order valence-corrected chi connectivity index (χ2v) is 6.48. The molecule has 0 bridgehead atoms. The van der Waals surface area contributed by atoms with Gasteiger partial charge in [0.2, 0.25) is 0 Å². The molecule has 1 saturated carbocycles. The summed E-state index contributed by atoms with van der Waals surface area (Å²) < 4.78 is 0. The maximum absolute atomic E-state index is 11.9. The Hall–Kier alpha value is -3.82. The molecule has 1 fully saturated rings. The van der Waals surface area contributed by atoms with Gasteiger partial charge in [0, 0.05) is 36.1 Å². The van der Waals surface area contributed by atoms with Crippen LogP contribution in [0.4, 0.5) is 11.4 Å². The Kier molecular flexibility index (Phi) is 4.78. The monoisotopic (exact) mass is 386 g/mol. The van der Waals surface area contributed by atoms with E-state index in [9.17, 15) is 40.0 Å². The SMILES string of the molecule is O=C(O)C1C(c2ccc([N+](=O)[O-])cc2)C(C(=O)O)C1c1ccc([N+](=O)[O-])cc1. The molecule has 2 aromatic carbocycles. The summed E-state index contributed by atoms with van der Waals surface area (Å²) in [5.74, 6) is -6.33. The van der Waals surface area contributed by atoms with Gasteiger partial charge in [0.05, 0.1) is 21.7 Å². The van der Waals surface area contributed by atoms with Crippen molar-refractivity contribution in [1.29, 1.82) is 0 Å². The van der Waals surface area contributed by atoms with Crippen LogP contribution >= 0.6 is 0 Å². The summed E-state index contributed by atoms with van der Waals surface area (Å²) >= 11 is 0. The number of carbonyl (C=O) groups is 2. The van der Waals surface area contributed by atoms with E-state index in [1.165, 1.54) is 48.5 Å². The van der Waals surface area contributed by atoms with Gasteiger partial charge < -0.3 is 10.2 Å². The first kappa shape index (κ1) is 19.0. The Morgan fingerprint density at radius 3 is 1.18 bits per heavy atom. The summed E-state index contributed by atoms with van der Waals surface area (Å²) in [5, 5.41) is 40.9. The summed E-state index contributed by atoms with van der Waals surface area (Å²) in [6, 6.07) is 10.3. The zero-order chi connectivity index (χ0) is 20.6. The zero-order valence-corrected chi connectivity index (χ0v) is 14.2. The fourth-order valence-electron chi connectivity index (χ4n) is 3.83. The van der Waals surface area contributed by atoms with Crippen molar-refractivity contribution >= 4 is 23.3 Å². The highest BCUT2D eigenvalue weighted by molar-refractivity contribution is 5.83. The van der Waals surface area contributed by atoms with Gasteiger partial charge in [0.15, 0.2) is 0 Å². The summed E-state index contributed by atoms with van der Waals surface area (Å²) in [6.45, 7) is 0. The number of nitro groups is 2. The van der Waals surface area contributed by atoms with Crippen molar-refractivity contribution in [3.63, 3.8) is 0 Å². The van der Waals surface area contributed by atoms with Crippen molar-refractivity contribution in [2.24, 2.45) is 11.8 Å². The predicted molar refractivity (Wildman–Crippen MR) is 93.9 cm³/mol. The Balaban J connectivity index is 1.99. The summed E-state index contributed by atoms with van der Waals surface area (Å²) in [6.07, 6.45) is 0. The molecule has 0 aliphatic heterocycles. The van der Waals surface area contributed by atoms with Crippen molar-refractivity contribution in [2.75, 3.05) is 0 Å². The van der Waals surface area contributed by atoms with Gasteiger partial charge in [-0.1, -0.05) is 24.3 Å². The molecule has 0 aromatic heterocycles. The number of rotatable bonds is 6. The first-order chi connectivity index (χ1) is 13.2. The molecule has 0 atom stereocenters. The highest BCUT2D eigenvalue weighted by Crippen LogP contribution is 2.57. The van der Waals surface area contributed by atoms with Gasteiger partial charge >= 0.3 is 11.9 Å². The summed E-state index contributed by atoms with van der Waals surface area (Å²) in [4.78, 5) is 44.1. The molecule has 0 saturated heterocycles. The van der Waals surface area contributed by atoms with Crippen LogP contribution in [0.5, 0.6) is 0 Å². The van der Waals surface area contributed by atoms with Gasteiger partial charge in [-0.3, -0.25) is 29.8 Å². The molecule has 0 unspecified atom stereocenters. The number of nitrogens with zero attached hydrogens (tertiary/aromatic N) is 2. The number of hydrogen-bond donors (Lipinski definition) is 2. The standard InChI is InChI=1S/C18H14N2O8/c21-17(22)15-13(9-1-5-11(6-2-9)19(25)26)16(18(23)24)14(15)10-3-7-12(8-4-10)20(27)28/h1-8,13-16H,(H,21,22)(H,23,24). The van der Waals surface area contributed by atoms with Gasteiger partial charge in [-0.05, 0) is 11.1 Å². The first-order valence-electron chi connectivity index (χ1n) is 8.16. The van der Waals surface area contributed by atoms with Crippen molar-refractivity contribution < 1.29 is 29.6 Å². The molecule has 1 aliphatic rings. The van der Waals surface area contributed by atoms with Gasteiger partial charge in [0.1, 0.15) is 0 Å². The quantitative estimate of drug-likeness (QED) is 0.566. The van der Waals surface area contributed by atoms with Crippen LogP contribution in [0.25, 0.3) is 0 Å². The topological polar surface area (TPSA) is 161 Å². The van der Waals surface area contributed by atoms with Crippen LogP contribution < -0.4 is 0 Å². The van der Waals surface area contributed by atoms with Gasteiger partial charge in [-0.15, -0.1) is 0 Å². The number of benzene rings is 2. The van der Waals surface area contributed by atoms with E-state index in [1.807, 2.05) is 0 Å². The summed E-state index contributed by atoms with van der Waals surface area (Å²) in [7, 11) is 0. The van der Waals surface area contributed by atoms with Crippen LogP contribution in [0.1, 0.15) is 23.0 Å². The number of hydrogen-bond acceptors (Lipinski definition) is 6. The van der Waals surface area contributed by atoms with Crippen LogP contribution in [0.2, 0.25) is 0 Å². The van der Waals surface area contributed by atoms with E-state index in [0.29, 0.717) is 11.1 Å². The Bertz CT molecular complexity index is 867. The Morgan fingerprint density at radius 2 is 0.964 bits per heavy atom. The Labute approximate surface area is 157 Å². The van der Waals surface area contributed by atoms with Crippen molar-refractivity contribution in [1.82, 2.24) is 0 Å². The smallest absolute Gasteiger partial charge is 0.307 e. The van der Waals surface area contributed by atoms with Crippen LogP contribution in [0.15, 0.2) is 48.5 Å². The number of non-ortho nitro benzene ring substituents is 2. The molecular formula is C18H14N2O8. The van der Waals surface area contributed by atoms with Crippen LogP contribution in [0.3, 0.4) is 0 Å². The first-order valence-corrected chi connectivity index (χ1v) is 8.16. The second-order valence-electron chi connectivity index (χ2n) is 6.48. The van der Waals surface area contributed by atoms with Crippen LogP contribution in [0, 0.1) is 32.1 Å². The minimum absolute atomic E-state index is 0.186. The molecular weight excluding hydrogens is 372 g/mol. The third kappa shape index (κ3) is 3.15. The molecule has 2 aromatic rings. The molecule has 0 heterocycles. The fraction of sp³-hybridized carbons (Fsp3) is 0.222. The molecule has 1 aliphatic carbocycles. The third-order valence-corrected chi connectivity index (χ3v) is 5.10. The number of aliphatic carboxylic acids is 2. The average molecular weight is 386 g/mol. The van der Waals surface area contributed by atoms with E-state index in [1.54, 1.807) is 0 Å². The highest BCUT2D eigenvalue weighted by atomic mass is 16.6. The molecule has 10 heteroatoms. The number of nitro benzene ring substituents is 2. The lowest BCUT2D eigenvalue weighted by molar-refractivity contribution is -0.385. The fourth-order valence-corrected chi connectivity index (χ4v) is 3.83. The zero-order valence-electron chi connectivity index (χ0n) is 14.2. The minimum atomic E-state index is -1.20. The molecule has 144 valence electrons. The van der Waals surface area contributed by atoms with Crippen molar-refractivity contribution in [3.8, 4) is 0 Å². The van der Waals surface area contributed by atoms with Crippen molar-refractivity contribution in [2.45, 2.75) is 11.8 Å². The van der Waals surface area contributed by atoms with E-state index in [0.717, 1.165) is 0 Å². The van der Waals surface area contributed by atoms with Crippen molar-refractivity contribution in [3.05, 3.63) is 79.9 Å². The van der Waals surface area contributed by atoms with E-state index < -0.39 is 45.5 Å². The molecule has 28 heavy (non-hydrogen) atoms. The highest BCUT2D eigenvalue weighted by Gasteiger charge is 2.58. The average Bonchev–Trinajstić information content (AvgIpc) is 2.61. The lowest BCUT2D eigenvalue weighted by Crippen LogP contribution is -2.50. The van der Waals surface area contributed by atoms with Crippen LogP contribution in [-0.2, 0) is 9.59 Å². The molecule has 0 spiro atoms. The molecule has 0 radical (unpaired) electrons.